The van der Waals surface area contributed by atoms with Crippen LogP contribution in [-0.2, 0) is 6.54 Å². The highest BCUT2D eigenvalue weighted by molar-refractivity contribution is 6.33. The number of carbonyl (C=O) groups is 1. The van der Waals surface area contributed by atoms with Gasteiger partial charge in [-0.2, -0.15) is 10.2 Å². The van der Waals surface area contributed by atoms with Crippen LogP contribution in [0.3, 0.4) is 0 Å². The molecule has 124 valence electrons. The summed E-state index contributed by atoms with van der Waals surface area (Å²) in [5, 5.41) is 14.5. The van der Waals surface area contributed by atoms with Gasteiger partial charge in [0.05, 0.1) is 17.5 Å². The van der Waals surface area contributed by atoms with E-state index in [0.29, 0.717) is 22.8 Å². The number of nitrogens with one attached hydrogen (secondary N) is 2. The van der Waals surface area contributed by atoms with Crippen LogP contribution in [0.5, 0.6) is 0 Å². The predicted octanol–water partition coefficient (Wildman–Crippen LogP) is 2.99. The van der Waals surface area contributed by atoms with Crippen molar-refractivity contribution in [3.8, 4) is 11.3 Å². The lowest BCUT2D eigenvalue weighted by molar-refractivity contribution is 0.0947. The molecule has 2 heterocycles. The molecule has 3 rings (SSSR count). The fourth-order valence-electron chi connectivity index (χ4n) is 2.48. The molecule has 0 unspecified atom stereocenters. The van der Waals surface area contributed by atoms with Crippen LogP contribution in [0, 0.1) is 5.92 Å². The zero-order valence-electron chi connectivity index (χ0n) is 13.2. The molecule has 1 atom stereocenters. The second kappa shape index (κ2) is 7.31. The summed E-state index contributed by atoms with van der Waals surface area (Å²) in [5.41, 5.74) is 1.86. The first kappa shape index (κ1) is 16.3. The lowest BCUT2D eigenvalue weighted by Gasteiger charge is -2.13. The molecule has 0 saturated carbocycles. The molecule has 0 fully saturated rings. The Balaban J connectivity index is 1.66. The third-order valence-electron chi connectivity index (χ3n) is 3.70. The van der Waals surface area contributed by atoms with E-state index in [2.05, 4.69) is 27.5 Å². The van der Waals surface area contributed by atoms with Gasteiger partial charge in [0.1, 0.15) is 0 Å². The van der Waals surface area contributed by atoms with Crippen LogP contribution >= 0.6 is 11.6 Å². The molecule has 0 saturated heterocycles. The SMILES string of the molecule is C[C@@H](CNC(=O)c1cn[nH]c1-c1ccccc1Cl)Cn1cccn1. The molecule has 24 heavy (non-hydrogen) atoms. The van der Waals surface area contributed by atoms with Crippen molar-refractivity contribution in [1.82, 2.24) is 25.3 Å². The number of hydrogen-bond acceptors (Lipinski definition) is 3. The van der Waals surface area contributed by atoms with Crippen LogP contribution < -0.4 is 5.32 Å². The Kier molecular flexibility index (Phi) is 4.96. The molecule has 0 aliphatic carbocycles. The molecule has 1 aromatic carbocycles. The van der Waals surface area contributed by atoms with Gasteiger partial charge in [0.15, 0.2) is 0 Å². The number of aromatic amines is 1. The van der Waals surface area contributed by atoms with Gasteiger partial charge >= 0.3 is 0 Å². The molecule has 3 aromatic rings. The van der Waals surface area contributed by atoms with Crippen LogP contribution in [0.15, 0.2) is 48.9 Å². The first-order chi connectivity index (χ1) is 11.6. The highest BCUT2D eigenvalue weighted by Gasteiger charge is 2.17. The number of benzene rings is 1. The highest BCUT2D eigenvalue weighted by atomic mass is 35.5. The Bertz CT molecular complexity index is 812. The van der Waals surface area contributed by atoms with Gasteiger partial charge in [-0.05, 0) is 18.1 Å². The number of aromatic nitrogens is 4. The quantitative estimate of drug-likeness (QED) is 0.722. The van der Waals surface area contributed by atoms with Crippen LogP contribution in [0.2, 0.25) is 5.02 Å². The van der Waals surface area contributed by atoms with Gasteiger partial charge in [0.2, 0.25) is 0 Å². The fourth-order valence-corrected chi connectivity index (χ4v) is 2.71. The van der Waals surface area contributed by atoms with Crippen LogP contribution in [0.1, 0.15) is 17.3 Å². The summed E-state index contributed by atoms with van der Waals surface area (Å²) >= 11 is 6.21. The van der Waals surface area contributed by atoms with E-state index in [4.69, 9.17) is 11.6 Å². The van der Waals surface area contributed by atoms with Gasteiger partial charge in [-0.3, -0.25) is 14.6 Å². The van der Waals surface area contributed by atoms with Crippen molar-refractivity contribution in [2.75, 3.05) is 6.54 Å². The van der Waals surface area contributed by atoms with Crippen LogP contribution in [0.4, 0.5) is 0 Å². The molecule has 0 spiro atoms. The molecular weight excluding hydrogens is 326 g/mol. The third-order valence-corrected chi connectivity index (χ3v) is 4.03. The number of hydrogen-bond donors (Lipinski definition) is 2. The Morgan fingerprint density at radius 2 is 2.21 bits per heavy atom. The second-order valence-corrected chi connectivity index (χ2v) is 6.09. The van der Waals surface area contributed by atoms with Gasteiger partial charge in [0.25, 0.3) is 5.91 Å². The fraction of sp³-hybridized carbons (Fsp3) is 0.235. The number of nitrogens with zero attached hydrogens (tertiary/aromatic N) is 3. The summed E-state index contributed by atoms with van der Waals surface area (Å²) in [4.78, 5) is 12.5. The van der Waals surface area contributed by atoms with E-state index in [9.17, 15) is 4.79 Å². The van der Waals surface area contributed by atoms with E-state index in [0.717, 1.165) is 12.1 Å². The third kappa shape index (κ3) is 3.65. The standard InChI is InChI=1S/C17H18ClN5O/c1-12(11-23-8-4-7-21-23)9-19-17(24)14-10-20-22-16(14)13-5-2-3-6-15(13)18/h2-8,10,12H,9,11H2,1H3,(H,19,24)(H,20,22)/t12-/m0/s1. The van der Waals surface area contributed by atoms with Crippen molar-refractivity contribution in [2.24, 2.45) is 5.92 Å². The summed E-state index contributed by atoms with van der Waals surface area (Å²) in [6, 6.07) is 9.24. The topological polar surface area (TPSA) is 75.6 Å². The molecule has 1 amide bonds. The second-order valence-electron chi connectivity index (χ2n) is 5.68. The largest absolute Gasteiger partial charge is 0.352 e. The van der Waals surface area contributed by atoms with Crippen molar-refractivity contribution in [1.29, 1.82) is 0 Å². The smallest absolute Gasteiger partial charge is 0.255 e. The molecule has 0 bridgehead atoms. The molecule has 2 aromatic heterocycles. The molecule has 0 aliphatic rings. The summed E-state index contributed by atoms with van der Waals surface area (Å²) < 4.78 is 1.85. The zero-order valence-corrected chi connectivity index (χ0v) is 14.0. The monoisotopic (exact) mass is 343 g/mol. The van der Waals surface area contributed by atoms with E-state index in [1.807, 2.05) is 35.1 Å². The van der Waals surface area contributed by atoms with E-state index in [1.165, 1.54) is 6.20 Å². The number of halogens is 1. The molecule has 7 heteroatoms. The van der Waals surface area contributed by atoms with Gasteiger partial charge in [-0.1, -0.05) is 36.7 Å². The molecule has 0 aliphatic heterocycles. The average molecular weight is 344 g/mol. The highest BCUT2D eigenvalue weighted by Crippen LogP contribution is 2.28. The number of amides is 1. The van der Waals surface area contributed by atoms with Crippen molar-refractivity contribution < 1.29 is 4.79 Å². The minimum atomic E-state index is -0.175. The normalized spacial score (nSPS) is 12.1. The first-order valence-corrected chi connectivity index (χ1v) is 8.07. The van der Waals surface area contributed by atoms with E-state index in [1.54, 1.807) is 12.3 Å². The summed E-state index contributed by atoms with van der Waals surface area (Å²) in [6.07, 6.45) is 5.17. The summed E-state index contributed by atoms with van der Waals surface area (Å²) in [5.74, 6) is 0.0792. The maximum Gasteiger partial charge on any atom is 0.255 e. The minimum Gasteiger partial charge on any atom is -0.352 e. The Labute approximate surface area is 144 Å². The van der Waals surface area contributed by atoms with Gasteiger partial charge in [-0.25, -0.2) is 0 Å². The molecule has 0 radical (unpaired) electrons. The Morgan fingerprint density at radius 3 is 2.96 bits per heavy atom. The van der Waals surface area contributed by atoms with E-state index >= 15 is 0 Å². The lowest BCUT2D eigenvalue weighted by Crippen LogP contribution is -2.30. The maximum atomic E-state index is 12.5. The predicted molar refractivity (Wildman–Crippen MR) is 92.8 cm³/mol. The van der Waals surface area contributed by atoms with Gasteiger partial charge < -0.3 is 5.32 Å². The van der Waals surface area contributed by atoms with Gasteiger partial charge in [-0.15, -0.1) is 0 Å². The van der Waals surface area contributed by atoms with Crippen molar-refractivity contribution in [2.45, 2.75) is 13.5 Å². The summed E-state index contributed by atoms with van der Waals surface area (Å²) in [7, 11) is 0. The van der Waals surface area contributed by atoms with E-state index in [-0.39, 0.29) is 11.8 Å². The number of rotatable bonds is 6. The van der Waals surface area contributed by atoms with Crippen LogP contribution in [0.25, 0.3) is 11.3 Å². The Hall–Kier alpha value is -2.60. The van der Waals surface area contributed by atoms with Crippen molar-refractivity contribution in [3.63, 3.8) is 0 Å². The lowest BCUT2D eigenvalue weighted by atomic mass is 10.1. The first-order valence-electron chi connectivity index (χ1n) is 7.69. The maximum absolute atomic E-state index is 12.5. The minimum absolute atomic E-state index is 0.175. The number of H-pyrrole nitrogens is 1. The number of carbonyl (C=O) groups excluding carboxylic acids is 1. The molecular formula is C17H18ClN5O. The molecule has 6 nitrogen and oxygen atoms in total. The average Bonchev–Trinajstić information content (AvgIpc) is 3.24. The zero-order chi connectivity index (χ0) is 16.9. The van der Waals surface area contributed by atoms with Gasteiger partial charge in [0, 0.05) is 36.1 Å². The van der Waals surface area contributed by atoms with Crippen molar-refractivity contribution >= 4 is 17.5 Å². The molecule has 2 N–H and O–H groups in total. The van der Waals surface area contributed by atoms with Crippen molar-refractivity contribution in [3.05, 3.63) is 59.5 Å². The summed E-state index contributed by atoms with van der Waals surface area (Å²) in [6.45, 7) is 3.36. The van der Waals surface area contributed by atoms with Crippen LogP contribution in [-0.4, -0.2) is 32.4 Å². The Morgan fingerprint density at radius 1 is 1.38 bits per heavy atom. The van der Waals surface area contributed by atoms with E-state index < -0.39 is 0 Å².